The fraction of sp³-hybridized carbons (Fsp3) is 0.500. The van der Waals surface area contributed by atoms with Crippen molar-refractivity contribution in [3.05, 3.63) is 29.8 Å². The molecule has 90 valence electrons. The van der Waals surface area contributed by atoms with Crippen LogP contribution in [0.5, 0.6) is 5.75 Å². The van der Waals surface area contributed by atoms with Gasteiger partial charge in [-0.05, 0) is 13.0 Å². The average molecular weight is 243 g/mol. The molecule has 16 heavy (non-hydrogen) atoms. The zero-order chi connectivity index (χ0) is 10.5. The molecule has 0 amide bonds. The number of benzene rings is 1. The second-order valence-corrected chi connectivity index (χ2v) is 3.68. The predicted molar refractivity (Wildman–Crippen MR) is 68.5 cm³/mol. The maximum atomic E-state index is 5.62. The molecule has 0 spiro atoms. The van der Waals surface area contributed by atoms with Crippen LogP contribution < -0.4 is 15.4 Å². The molecule has 1 aliphatic heterocycles. The Balaban J connectivity index is 0.00000128. The fourth-order valence-electron chi connectivity index (χ4n) is 1.93. The molecule has 0 unspecified atom stereocenters. The Labute approximate surface area is 103 Å². The molecule has 1 heterocycles. The van der Waals surface area contributed by atoms with E-state index in [-0.39, 0.29) is 12.4 Å². The van der Waals surface area contributed by atoms with Crippen LogP contribution in [0.2, 0.25) is 0 Å². The van der Waals surface area contributed by atoms with Gasteiger partial charge in [-0.2, -0.15) is 0 Å². The van der Waals surface area contributed by atoms with E-state index in [1.54, 1.807) is 0 Å². The van der Waals surface area contributed by atoms with Crippen molar-refractivity contribution in [1.29, 1.82) is 0 Å². The lowest BCUT2D eigenvalue weighted by Crippen LogP contribution is -2.42. The number of nitrogens with one attached hydrogen (secondary N) is 2. The molecule has 3 nitrogen and oxygen atoms in total. The number of hydrogen-bond donors (Lipinski definition) is 2. The van der Waals surface area contributed by atoms with Gasteiger partial charge in [0.15, 0.2) is 0 Å². The van der Waals surface area contributed by atoms with E-state index in [1.807, 2.05) is 19.1 Å². The van der Waals surface area contributed by atoms with Crippen molar-refractivity contribution in [3.63, 3.8) is 0 Å². The third kappa shape index (κ3) is 3.11. The van der Waals surface area contributed by atoms with Crippen LogP contribution in [0.25, 0.3) is 0 Å². The van der Waals surface area contributed by atoms with Crippen LogP contribution >= 0.6 is 12.4 Å². The average Bonchev–Trinajstić information content (AvgIpc) is 2.31. The minimum absolute atomic E-state index is 0. The van der Waals surface area contributed by atoms with Crippen molar-refractivity contribution in [1.82, 2.24) is 10.6 Å². The Morgan fingerprint density at radius 3 is 2.81 bits per heavy atom. The third-order valence-corrected chi connectivity index (χ3v) is 2.64. The quantitative estimate of drug-likeness (QED) is 0.847. The third-order valence-electron chi connectivity index (χ3n) is 2.64. The first kappa shape index (κ1) is 13.3. The minimum Gasteiger partial charge on any atom is -0.494 e. The Kier molecular flexibility index (Phi) is 5.60. The van der Waals surface area contributed by atoms with Gasteiger partial charge in [-0.25, -0.2) is 0 Å². The van der Waals surface area contributed by atoms with Crippen LogP contribution in [0.3, 0.4) is 0 Å². The number of piperazine rings is 1. The highest BCUT2D eigenvalue weighted by Gasteiger charge is 2.17. The fourth-order valence-corrected chi connectivity index (χ4v) is 1.93. The number of ether oxygens (including phenoxy) is 1. The van der Waals surface area contributed by atoms with Crippen LogP contribution in [0.15, 0.2) is 24.3 Å². The molecule has 0 saturated carbocycles. The van der Waals surface area contributed by atoms with Gasteiger partial charge in [0.25, 0.3) is 0 Å². The van der Waals surface area contributed by atoms with Gasteiger partial charge in [-0.3, -0.25) is 0 Å². The second kappa shape index (κ2) is 6.74. The molecule has 2 N–H and O–H groups in total. The molecule has 1 aromatic rings. The molecule has 0 aliphatic carbocycles. The van der Waals surface area contributed by atoms with E-state index in [2.05, 4.69) is 22.8 Å². The molecular weight excluding hydrogens is 224 g/mol. The molecule has 1 fully saturated rings. The van der Waals surface area contributed by atoms with Crippen molar-refractivity contribution in [2.45, 2.75) is 13.0 Å². The summed E-state index contributed by atoms with van der Waals surface area (Å²) in [5.41, 5.74) is 1.26. The summed E-state index contributed by atoms with van der Waals surface area (Å²) in [5, 5.41) is 6.88. The van der Waals surface area contributed by atoms with E-state index in [1.165, 1.54) is 5.56 Å². The summed E-state index contributed by atoms with van der Waals surface area (Å²) in [5.74, 6) is 1.00. The van der Waals surface area contributed by atoms with Gasteiger partial charge in [0.2, 0.25) is 0 Å². The van der Waals surface area contributed by atoms with E-state index in [4.69, 9.17) is 4.74 Å². The smallest absolute Gasteiger partial charge is 0.124 e. The van der Waals surface area contributed by atoms with Crippen LogP contribution in [-0.4, -0.2) is 26.2 Å². The Hall–Kier alpha value is -0.770. The van der Waals surface area contributed by atoms with Crippen LogP contribution in [-0.2, 0) is 0 Å². The lowest BCUT2D eigenvalue weighted by Gasteiger charge is -2.26. The topological polar surface area (TPSA) is 33.3 Å². The van der Waals surface area contributed by atoms with E-state index < -0.39 is 0 Å². The molecular formula is C12H19ClN2O. The summed E-state index contributed by atoms with van der Waals surface area (Å²) in [6.45, 7) is 5.78. The van der Waals surface area contributed by atoms with Crippen molar-refractivity contribution in [2.24, 2.45) is 0 Å². The summed E-state index contributed by atoms with van der Waals surface area (Å²) in [6.07, 6.45) is 0. The summed E-state index contributed by atoms with van der Waals surface area (Å²) >= 11 is 0. The van der Waals surface area contributed by atoms with Crippen molar-refractivity contribution in [2.75, 3.05) is 26.2 Å². The monoisotopic (exact) mass is 242 g/mol. The van der Waals surface area contributed by atoms with Crippen LogP contribution in [0, 0.1) is 0 Å². The van der Waals surface area contributed by atoms with Crippen LogP contribution in [0.4, 0.5) is 0 Å². The highest BCUT2D eigenvalue weighted by Crippen LogP contribution is 2.25. The SMILES string of the molecule is CCOc1ccccc1[C@H]1CNCCN1.Cl. The van der Waals surface area contributed by atoms with E-state index in [0.717, 1.165) is 32.0 Å². The zero-order valence-corrected chi connectivity index (χ0v) is 10.3. The van der Waals surface area contributed by atoms with E-state index in [0.29, 0.717) is 6.04 Å². The largest absolute Gasteiger partial charge is 0.494 e. The summed E-state index contributed by atoms with van der Waals surface area (Å²) in [7, 11) is 0. The van der Waals surface area contributed by atoms with Gasteiger partial charge in [-0.1, -0.05) is 18.2 Å². The Bertz CT molecular complexity index is 314. The first-order valence-corrected chi connectivity index (χ1v) is 5.57. The Morgan fingerprint density at radius 1 is 1.31 bits per heavy atom. The zero-order valence-electron chi connectivity index (χ0n) is 9.53. The van der Waals surface area contributed by atoms with Gasteiger partial charge in [-0.15, -0.1) is 12.4 Å². The Morgan fingerprint density at radius 2 is 2.12 bits per heavy atom. The highest BCUT2D eigenvalue weighted by atomic mass is 35.5. The highest BCUT2D eigenvalue weighted by molar-refractivity contribution is 5.85. The number of halogens is 1. The first-order chi connectivity index (χ1) is 7.42. The van der Waals surface area contributed by atoms with E-state index >= 15 is 0 Å². The molecule has 2 rings (SSSR count). The molecule has 1 saturated heterocycles. The number of para-hydroxylation sites is 1. The lowest BCUT2D eigenvalue weighted by molar-refractivity contribution is 0.326. The van der Waals surface area contributed by atoms with Gasteiger partial charge >= 0.3 is 0 Å². The molecule has 0 radical (unpaired) electrons. The molecule has 1 atom stereocenters. The predicted octanol–water partition coefficient (Wildman–Crippen LogP) is 1.74. The number of rotatable bonds is 3. The standard InChI is InChI=1S/C12H18N2O.ClH/c1-2-15-12-6-4-3-5-10(12)11-9-13-7-8-14-11;/h3-6,11,13-14H,2,7-9H2,1H3;1H/t11-;/m1./s1. The molecule has 4 heteroatoms. The van der Waals surface area contributed by atoms with Crippen molar-refractivity contribution < 1.29 is 4.74 Å². The van der Waals surface area contributed by atoms with Crippen LogP contribution in [0.1, 0.15) is 18.5 Å². The summed E-state index contributed by atoms with van der Waals surface area (Å²) in [6, 6.07) is 8.63. The second-order valence-electron chi connectivity index (χ2n) is 3.68. The molecule has 0 aromatic heterocycles. The van der Waals surface area contributed by atoms with Gasteiger partial charge in [0.1, 0.15) is 5.75 Å². The van der Waals surface area contributed by atoms with Gasteiger partial charge in [0.05, 0.1) is 6.61 Å². The van der Waals surface area contributed by atoms with E-state index in [9.17, 15) is 0 Å². The summed E-state index contributed by atoms with van der Waals surface area (Å²) < 4.78 is 5.62. The van der Waals surface area contributed by atoms with Gasteiger partial charge < -0.3 is 15.4 Å². The lowest BCUT2D eigenvalue weighted by atomic mass is 10.0. The maximum Gasteiger partial charge on any atom is 0.124 e. The normalized spacial score (nSPS) is 19.9. The summed E-state index contributed by atoms with van der Waals surface area (Å²) in [4.78, 5) is 0. The number of hydrogen-bond acceptors (Lipinski definition) is 3. The minimum atomic E-state index is 0. The van der Waals surface area contributed by atoms with Crippen molar-refractivity contribution in [3.8, 4) is 5.75 Å². The maximum absolute atomic E-state index is 5.62. The molecule has 1 aromatic carbocycles. The molecule has 0 bridgehead atoms. The van der Waals surface area contributed by atoms with Crippen molar-refractivity contribution >= 4 is 12.4 Å². The van der Waals surface area contributed by atoms with Gasteiger partial charge in [0, 0.05) is 31.2 Å². The molecule has 1 aliphatic rings. The first-order valence-electron chi connectivity index (χ1n) is 5.57.